The molecule has 0 heterocycles. The van der Waals surface area contributed by atoms with Gasteiger partial charge < -0.3 is 9.47 Å². The first kappa shape index (κ1) is 11.6. The van der Waals surface area contributed by atoms with E-state index in [0.29, 0.717) is 0 Å². The second-order valence-electron chi connectivity index (χ2n) is 1.87. The van der Waals surface area contributed by atoms with Gasteiger partial charge in [-0.05, 0) is 0 Å². The van der Waals surface area contributed by atoms with Crippen molar-refractivity contribution in [3.8, 4) is 0 Å². The van der Waals surface area contributed by atoms with Gasteiger partial charge in [0.05, 0.1) is 0 Å². The Balaban J connectivity index is 3.50. The van der Waals surface area contributed by atoms with Crippen LogP contribution in [-0.2, 0) is 14.3 Å². The molecule has 1 unspecified atom stereocenters. The van der Waals surface area contributed by atoms with E-state index >= 15 is 0 Å². The summed E-state index contributed by atoms with van der Waals surface area (Å²) < 4.78 is 9.08. The molecule has 70 valence electrons. The maximum atomic E-state index is 10.6. The Bertz CT molecular complexity index is 171. The molecule has 0 fully saturated rings. The zero-order valence-corrected chi connectivity index (χ0v) is 8.31. The van der Waals surface area contributed by atoms with Gasteiger partial charge in [-0.25, -0.2) is 4.79 Å². The van der Waals surface area contributed by atoms with Crippen LogP contribution >= 0.6 is 25.3 Å². The number of carbonyl (C=O) groups excluding carboxylic acids is 2. The lowest BCUT2D eigenvalue weighted by Gasteiger charge is -2.09. The molecule has 0 amide bonds. The average molecular weight is 210 g/mol. The minimum Gasteiger partial charge on any atom is -0.461 e. The van der Waals surface area contributed by atoms with E-state index in [9.17, 15) is 9.59 Å². The molecule has 0 aromatic rings. The lowest BCUT2D eigenvalue weighted by atomic mass is 10.5. The molecule has 0 aliphatic heterocycles. The molecule has 0 spiro atoms. The molecular formula is C6H10O4S2. The normalized spacial score (nSPS) is 11.9. The van der Waals surface area contributed by atoms with Crippen LogP contribution in [0, 0.1) is 0 Å². The summed E-state index contributed by atoms with van der Waals surface area (Å²) in [6, 6.07) is 0. The fourth-order valence-electron chi connectivity index (χ4n) is 0.417. The third kappa shape index (κ3) is 6.36. The highest BCUT2D eigenvalue weighted by atomic mass is 32.1. The van der Waals surface area contributed by atoms with Gasteiger partial charge in [-0.1, -0.05) is 19.6 Å². The van der Waals surface area contributed by atoms with E-state index in [1.165, 1.54) is 0 Å². The van der Waals surface area contributed by atoms with Crippen LogP contribution in [0.4, 0.5) is 4.79 Å². The first-order chi connectivity index (χ1) is 5.56. The van der Waals surface area contributed by atoms with E-state index in [0.717, 1.165) is 0 Å². The Morgan fingerprint density at radius 3 is 2.50 bits per heavy atom. The van der Waals surface area contributed by atoms with Crippen LogP contribution < -0.4 is 0 Å². The quantitative estimate of drug-likeness (QED) is 0.417. The zero-order valence-electron chi connectivity index (χ0n) is 6.52. The van der Waals surface area contributed by atoms with Gasteiger partial charge in [-0.3, -0.25) is 4.79 Å². The van der Waals surface area contributed by atoms with Crippen LogP contribution in [0.15, 0.2) is 0 Å². The summed E-state index contributed by atoms with van der Waals surface area (Å²) in [5.41, 5.74) is -0.745. The summed E-state index contributed by atoms with van der Waals surface area (Å²) in [5, 5.41) is -0.748. The topological polar surface area (TPSA) is 52.6 Å². The van der Waals surface area contributed by atoms with E-state index in [-0.39, 0.29) is 19.0 Å². The third-order valence-corrected chi connectivity index (χ3v) is 1.27. The number of carbonyl (C=O) groups is 2. The van der Waals surface area contributed by atoms with Crippen LogP contribution in [0.3, 0.4) is 0 Å². The molecule has 0 aliphatic rings. The molecule has 0 aliphatic carbocycles. The first-order valence-electron chi connectivity index (χ1n) is 3.29. The van der Waals surface area contributed by atoms with Gasteiger partial charge in [0.25, 0.3) is 0 Å². The number of hydrogen-bond donors (Lipinski definition) is 2. The van der Waals surface area contributed by atoms with Crippen molar-refractivity contribution in [3.05, 3.63) is 0 Å². The predicted molar refractivity (Wildman–Crippen MR) is 49.5 cm³/mol. The molecular weight excluding hydrogens is 200 g/mol. The lowest BCUT2D eigenvalue weighted by molar-refractivity contribution is -0.144. The monoisotopic (exact) mass is 210 g/mol. The maximum absolute atomic E-state index is 10.6. The van der Waals surface area contributed by atoms with Crippen LogP contribution in [0.25, 0.3) is 0 Å². The average Bonchev–Trinajstić information content (AvgIpc) is 1.99. The molecule has 0 rings (SSSR count). The predicted octanol–water partition coefficient (Wildman–Crippen LogP) is 1.26. The molecule has 0 aromatic carbocycles. The summed E-state index contributed by atoms with van der Waals surface area (Å²) >= 11 is 7.17. The standard InChI is InChI=1S/C6H10O4S2/c1-2-4(7)9-3-5(11)10-6(8)12/h5,11H,2-3H2,1H3,(H,8,12). The molecule has 0 aromatic heterocycles. The maximum Gasteiger partial charge on any atom is 0.365 e. The van der Waals surface area contributed by atoms with Gasteiger partial charge in [0, 0.05) is 6.42 Å². The minimum absolute atomic E-state index is 0.0535. The number of hydrogen-bond acceptors (Lipinski definition) is 5. The SMILES string of the molecule is CCC(=O)OCC(S)OC(=O)S. The number of esters is 1. The third-order valence-electron chi connectivity index (χ3n) is 0.912. The van der Waals surface area contributed by atoms with Crippen molar-refractivity contribution in [1.29, 1.82) is 0 Å². The van der Waals surface area contributed by atoms with Crippen molar-refractivity contribution < 1.29 is 19.1 Å². The minimum atomic E-state index is -0.748. The summed E-state index contributed by atoms with van der Waals surface area (Å²) in [4.78, 5) is 20.8. The Labute approximate surface area is 81.4 Å². The van der Waals surface area contributed by atoms with Gasteiger partial charge in [0.2, 0.25) is 0 Å². The molecule has 12 heavy (non-hydrogen) atoms. The summed E-state index contributed by atoms with van der Waals surface area (Å²) in [7, 11) is 0. The molecule has 1 atom stereocenters. The van der Waals surface area contributed by atoms with Crippen molar-refractivity contribution in [1.82, 2.24) is 0 Å². The number of thiol groups is 2. The van der Waals surface area contributed by atoms with Crippen LogP contribution in [-0.4, -0.2) is 23.3 Å². The fraction of sp³-hybridized carbons (Fsp3) is 0.667. The van der Waals surface area contributed by atoms with E-state index in [4.69, 9.17) is 0 Å². The summed E-state index contributed by atoms with van der Waals surface area (Å²) in [6.07, 6.45) is 0.287. The molecule has 0 saturated heterocycles. The molecule has 0 N–H and O–H groups in total. The largest absolute Gasteiger partial charge is 0.461 e. The molecule has 6 heteroatoms. The Hall–Kier alpha value is -0.360. The van der Waals surface area contributed by atoms with Crippen molar-refractivity contribution in [2.45, 2.75) is 18.8 Å². The smallest absolute Gasteiger partial charge is 0.365 e. The van der Waals surface area contributed by atoms with Crippen LogP contribution in [0.1, 0.15) is 13.3 Å². The first-order valence-corrected chi connectivity index (χ1v) is 4.26. The van der Waals surface area contributed by atoms with E-state index in [2.05, 4.69) is 34.7 Å². The number of rotatable bonds is 4. The van der Waals surface area contributed by atoms with Crippen LogP contribution in [0.5, 0.6) is 0 Å². The lowest BCUT2D eigenvalue weighted by Crippen LogP contribution is -2.17. The van der Waals surface area contributed by atoms with E-state index in [1.54, 1.807) is 6.92 Å². The number of ether oxygens (including phenoxy) is 2. The van der Waals surface area contributed by atoms with Crippen molar-refractivity contribution in [3.63, 3.8) is 0 Å². The van der Waals surface area contributed by atoms with Gasteiger partial charge in [0.15, 0.2) is 5.44 Å². The molecule has 0 saturated carbocycles. The second-order valence-corrected chi connectivity index (χ2v) is 2.82. The Morgan fingerprint density at radius 2 is 2.08 bits per heavy atom. The van der Waals surface area contributed by atoms with Gasteiger partial charge in [-0.15, -0.1) is 12.6 Å². The Kier molecular flexibility index (Phi) is 6.00. The molecule has 4 nitrogen and oxygen atoms in total. The highest BCUT2D eigenvalue weighted by Crippen LogP contribution is 2.02. The van der Waals surface area contributed by atoms with Gasteiger partial charge in [0.1, 0.15) is 6.61 Å². The van der Waals surface area contributed by atoms with E-state index in [1.807, 2.05) is 0 Å². The van der Waals surface area contributed by atoms with Gasteiger partial charge >= 0.3 is 11.3 Å². The highest BCUT2D eigenvalue weighted by molar-refractivity contribution is 7.96. The van der Waals surface area contributed by atoms with Crippen molar-refractivity contribution >= 4 is 36.5 Å². The molecule has 0 bridgehead atoms. The zero-order chi connectivity index (χ0) is 9.56. The second kappa shape index (κ2) is 6.19. The van der Waals surface area contributed by atoms with E-state index < -0.39 is 10.7 Å². The Morgan fingerprint density at radius 1 is 1.50 bits per heavy atom. The summed E-state index contributed by atoms with van der Waals surface area (Å²) in [6.45, 7) is 1.61. The van der Waals surface area contributed by atoms with Crippen molar-refractivity contribution in [2.24, 2.45) is 0 Å². The van der Waals surface area contributed by atoms with Crippen molar-refractivity contribution in [2.75, 3.05) is 6.61 Å². The summed E-state index contributed by atoms with van der Waals surface area (Å²) in [5.74, 6) is -0.357. The highest BCUT2D eigenvalue weighted by Gasteiger charge is 2.08. The molecule has 0 radical (unpaired) electrons. The fourth-order valence-corrected chi connectivity index (χ4v) is 0.797. The van der Waals surface area contributed by atoms with Crippen LogP contribution in [0.2, 0.25) is 0 Å². The van der Waals surface area contributed by atoms with Gasteiger partial charge in [-0.2, -0.15) is 0 Å².